The van der Waals surface area contributed by atoms with Gasteiger partial charge in [-0.1, -0.05) is 13.3 Å². The first-order valence-corrected chi connectivity index (χ1v) is 8.59. The second-order valence-corrected chi connectivity index (χ2v) is 5.85. The van der Waals surface area contributed by atoms with Crippen LogP contribution >= 0.6 is 0 Å². The molecule has 8 nitrogen and oxygen atoms in total. The second-order valence-electron chi connectivity index (χ2n) is 5.85. The first-order chi connectivity index (χ1) is 11.6. The number of ether oxygens (including phenoxy) is 1. The van der Waals surface area contributed by atoms with E-state index in [1.165, 1.54) is 0 Å². The maximum absolute atomic E-state index is 9.18. The van der Waals surface area contributed by atoms with E-state index >= 15 is 0 Å². The number of nitrogens with one attached hydrogen (secondary N) is 2. The highest BCUT2D eigenvalue weighted by Crippen LogP contribution is 2.09. The van der Waals surface area contributed by atoms with Crippen LogP contribution in [0.3, 0.4) is 0 Å². The van der Waals surface area contributed by atoms with E-state index in [1.54, 1.807) is 7.11 Å². The SMILES string of the molecule is CCCC(CCO)CNC(=NCc1nnc(C)n1C)NCCOC. The van der Waals surface area contributed by atoms with Gasteiger partial charge in [-0.15, -0.1) is 10.2 Å². The zero-order chi connectivity index (χ0) is 17.8. The summed E-state index contributed by atoms with van der Waals surface area (Å²) in [5, 5.41) is 24.0. The molecule has 0 aliphatic heterocycles. The summed E-state index contributed by atoms with van der Waals surface area (Å²) in [6, 6.07) is 0. The number of aliphatic imine (C=N–C) groups is 1. The highest BCUT2D eigenvalue weighted by Gasteiger charge is 2.09. The van der Waals surface area contributed by atoms with Gasteiger partial charge in [-0.3, -0.25) is 0 Å². The summed E-state index contributed by atoms with van der Waals surface area (Å²) in [6.45, 7) is 6.82. The fourth-order valence-corrected chi connectivity index (χ4v) is 2.36. The summed E-state index contributed by atoms with van der Waals surface area (Å²) in [5.41, 5.74) is 0. The van der Waals surface area contributed by atoms with Crippen LogP contribution in [0.25, 0.3) is 0 Å². The van der Waals surface area contributed by atoms with Gasteiger partial charge in [0.15, 0.2) is 11.8 Å². The van der Waals surface area contributed by atoms with Gasteiger partial charge in [0.05, 0.1) is 6.61 Å². The van der Waals surface area contributed by atoms with Crippen molar-refractivity contribution in [2.45, 2.75) is 39.7 Å². The molecular weight excluding hydrogens is 308 g/mol. The van der Waals surface area contributed by atoms with E-state index in [9.17, 15) is 5.11 Å². The molecule has 0 saturated carbocycles. The van der Waals surface area contributed by atoms with Crippen molar-refractivity contribution < 1.29 is 9.84 Å². The third kappa shape index (κ3) is 7.27. The van der Waals surface area contributed by atoms with E-state index < -0.39 is 0 Å². The summed E-state index contributed by atoms with van der Waals surface area (Å²) >= 11 is 0. The number of aryl methyl sites for hydroxylation is 1. The Morgan fingerprint density at radius 2 is 2.12 bits per heavy atom. The fourth-order valence-electron chi connectivity index (χ4n) is 2.36. The average Bonchev–Trinajstić information content (AvgIpc) is 2.89. The van der Waals surface area contributed by atoms with Crippen LogP contribution in [0, 0.1) is 12.8 Å². The molecule has 0 aromatic carbocycles. The Balaban J connectivity index is 2.64. The molecule has 1 heterocycles. The third-order valence-electron chi connectivity index (χ3n) is 3.95. The minimum absolute atomic E-state index is 0.216. The van der Waals surface area contributed by atoms with Crippen molar-refractivity contribution in [2.24, 2.45) is 18.0 Å². The van der Waals surface area contributed by atoms with Crippen molar-refractivity contribution in [1.29, 1.82) is 0 Å². The molecule has 138 valence electrons. The number of rotatable bonds is 11. The summed E-state index contributed by atoms with van der Waals surface area (Å²) in [6.07, 6.45) is 2.99. The van der Waals surface area contributed by atoms with E-state index in [2.05, 4.69) is 32.7 Å². The third-order valence-corrected chi connectivity index (χ3v) is 3.95. The van der Waals surface area contributed by atoms with Gasteiger partial charge in [-0.25, -0.2) is 4.99 Å². The maximum atomic E-state index is 9.18. The van der Waals surface area contributed by atoms with Crippen molar-refractivity contribution in [3.63, 3.8) is 0 Å². The minimum atomic E-state index is 0.216. The number of hydrogen-bond acceptors (Lipinski definition) is 5. The van der Waals surface area contributed by atoms with E-state index in [1.807, 2.05) is 18.5 Å². The minimum Gasteiger partial charge on any atom is -0.396 e. The van der Waals surface area contributed by atoms with Crippen LogP contribution in [0.2, 0.25) is 0 Å². The normalized spacial score (nSPS) is 13.1. The molecule has 0 aliphatic rings. The van der Waals surface area contributed by atoms with Crippen LogP contribution in [0.5, 0.6) is 0 Å². The summed E-state index contributed by atoms with van der Waals surface area (Å²) in [4.78, 5) is 4.59. The Morgan fingerprint density at radius 3 is 2.71 bits per heavy atom. The van der Waals surface area contributed by atoms with Gasteiger partial charge in [-0.2, -0.15) is 0 Å². The monoisotopic (exact) mass is 340 g/mol. The molecule has 1 atom stereocenters. The standard InChI is InChI=1S/C16H32N6O2/c1-5-6-14(7-9-23)11-18-16(17-8-10-24-4)19-12-15-21-20-13(2)22(15)3/h14,23H,5-12H2,1-4H3,(H2,17,18,19). The number of nitrogens with zero attached hydrogens (tertiary/aromatic N) is 4. The molecule has 1 rings (SSSR count). The van der Waals surface area contributed by atoms with E-state index in [0.29, 0.717) is 25.6 Å². The Labute approximate surface area is 144 Å². The molecule has 1 aromatic heterocycles. The predicted molar refractivity (Wildman–Crippen MR) is 94.9 cm³/mol. The van der Waals surface area contributed by atoms with Gasteiger partial charge in [0, 0.05) is 33.9 Å². The second kappa shape index (κ2) is 11.8. The molecule has 1 aromatic rings. The van der Waals surface area contributed by atoms with Gasteiger partial charge in [0.2, 0.25) is 0 Å². The molecule has 3 N–H and O–H groups in total. The highest BCUT2D eigenvalue weighted by atomic mass is 16.5. The van der Waals surface area contributed by atoms with Crippen LogP contribution in [0.4, 0.5) is 0 Å². The Morgan fingerprint density at radius 1 is 1.33 bits per heavy atom. The zero-order valence-electron chi connectivity index (χ0n) is 15.4. The molecule has 0 aliphatic carbocycles. The molecule has 0 bridgehead atoms. The van der Waals surface area contributed by atoms with Crippen molar-refractivity contribution in [1.82, 2.24) is 25.4 Å². The molecule has 0 fully saturated rings. The lowest BCUT2D eigenvalue weighted by molar-refractivity contribution is 0.203. The molecule has 1 unspecified atom stereocenters. The average molecular weight is 340 g/mol. The van der Waals surface area contributed by atoms with E-state index in [0.717, 1.165) is 43.4 Å². The molecule has 24 heavy (non-hydrogen) atoms. The lowest BCUT2D eigenvalue weighted by Gasteiger charge is -2.18. The first kappa shape index (κ1) is 20.4. The van der Waals surface area contributed by atoms with Crippen molar-refractivity contribution in [2.75, 3.05) is 33.4 Å². The lowest BCUT2D eigenvalue weighted by atomic mass is 10.0. The van der Waals surface area contributed by atoms with Crippen LogP contribution < -0.4 is 10.6 Å². The van der Waals surface area contributed by atoms with E-state index in [4.69, 9.17) is 4.74 Å². The first-order valence-electron chi connectivity index (χ1n) is 8.59. The molecule has 0 saturated heterocycles. The molecule has 0 radical (unpaired) electrons. The van der Waals surface area contributed by atoms with E-state index in [-0.39, 0.29) is 6.61 Å². The molecular formula is C16H32N6O2. The smallest absolute Gasteiger partial charge is 0.191 e. The number of guanidine groups is 1. The van der Waals surface area contributed by atoms with Crippen LogP contribution in [0.15, 0.2) is 4.99 Å². The number of methoxy groups -OCH3 is 1. The van der Waals surface area contributed by atoms with Gasteiger partial charge in [0.25, 0.3) is 0 Å². The Bertz CT molecular complexity index is 483. The van der Waals surface area contributed by atoms with Gasteiger partial charge in [-0.05, 0) is 25.7 Å². The molecule has 0 spiro atoms. The maximum Gasteiger partial charge on any atom is 0.191 e. The van der Waals surface area contributed by atoms with Crippen LogP contribution in [-0.4, -0.2) is 59.2 Å². The van der Waals surface area contributed by atoms with Crippen molar-refractivity contribution in [3.8, 4) is 0 Å². The Hall–Kier alpha value is -1.67. The Kier molecular flexibility index (Phi) is 10.0. The zero-order valence-corrected chi connectivity index (χ0v) is 15.4. The summed E-state index contributed by atoms with van der Waals surface area (Å²) in [7, 11) is 3.61. The predicted octanol–water partition coefficient (Wildman–Crippen LogP) is 0.604. The highest BCUT2D eigenvalue weighted by molar-refractivity contribution is 5.79. The summed E-state index contributed by atoms with van der Waals surface area (Å²) < 4.78 is 7.01. The number of hydrogen-bond donors (Lipinski definition) is 3. The van der Waals surface area contributed by atoms with Crippen molar-refractivity contribution in [3.05, 3.63) is 11.6 Å². The van der Waals surface area contributed by atoms with Crippen LogP contribution in [-0.2, 0) is 18.3 Å². The largest absolute Gasteiger partial charge is 0.396 e. The van der Waals surface area contributed by atoms with Gasteiger partial charge in [0.1, 0.15) is 12.4 Å². The van der Waals surface area contributed by atoms with Crippen LogP contribution in [0.1, 0.15) is 37.8 Å². The molecule has 8 heteroatoms. The topological polar surface area (TPSA) is 96.6 Å². The van der Waals surface area contributed by atoms with Gasteiger partial charge >= 0.3 is 0 Å². The van der Waals surface area contributed by atoms with Gasteiger partial charge < -0.3 is 25.0 Å². The lowest BCUT2D eigenvalue weighted by Crippen LogP contribution is -2.41. The summed E-state index contributed by atoms with van der Waals surface area (Å²) in [5.74, 6) is 2.85. The number of aliphatic hydroxyl groups excluding tert-OH is 1. The molecule has 0 amide bonds. The fraction of sp³-hybridized carbons (Fsp3) is 0.812. The number of aliphatic hydroxyl groups is 1. The quantitative estimate of drug-likeness (QED) is 0.310. The number of aromatic nitrogens is 3. The van der Waals surface area contributed by atoms with Crippen molar-refractivity contribution >= 4 is 5.96 Å².